The zero-order valence-electron chi connectivity index (χ0n) is 49.4. The highest BCUT2D eigenvalue weighted by Crippen LogP contribution is 2.53. The first-order valence-corrected chi connectivity index (χ1v) is 29.6. The standard InChI is InChI=1S/C72H48F18N6/c73-67(74,75)61-49-32-44-56(38-21-9-2-10-22-38)63(69(79,80)81)51(93-44)34-46-58(40-25-13-4-14-26-40)65(71(85,86)87)53(95-46)36-48-60(42-29-17-6-18-30-42)66(72(88,89)90)54(96-48)35-47-59(41-27-15-5-16-28-41)64(70(82,83)84)52(94-47)33-45-57(39-23-11-3-12-24-39)62(68(76,77)78)50(92-45)31-43(91-49)55(61)37-19-7-1-8-20-37/h1-30,91-96H,31-36H2. The second-order valence-corrected chi connectivity index (χ2v) is 23.2. The topological polar surface area (TPSA) is 94.7 Å². The molecule has 1 aliphatic rings. The first-order valence-electron chi connectivity index (χ1n) is 29.6. The maximum Gasteiger partial charge on any atom is 0.418 e. The number of aromatic amines is 6. The van der Waals surface area contributed by atoms with E-state index in [4.69, 9.17) is 0 Å². The zero-order valence-corrected chi connectivity index (χ0v) is 49.4. The molecule has 24 heteroatoms. The molecule has 0 radical (unpaired) electrons. The van der Waals surface area contributed by atoms with E-state index >= 15 is 79.0 Å². The fourth-order valence-corrected chi connectivity index (χ4v) is 13.7. The molecule has 0 unspecified atom stereocenters. The van der Waals surface area contributed by atoms with Gasteiger partial charge in [-0.25, -0.2) is 0 Å². The SMILES string of the molecule is FC(F)(F)c1c2[nH]c(c1-c1ccccc1)Cc1[nH]c(c(-c3ccccc3)c1C(F)(F)F)Cc1[nH]c(c(-c3ccccc3)c1C(F)(F)F)Cc1[nH]c(c(-c3ccccc3)c1C(F)(F)F)Cc1[nH]c(c(-c3ccccc3)c1C(F)(F)F)Cc1[nH]c(c(-c3ccccc3)c1C(F)(F)F)C2. The number of rotatable bonds is 6. The van der Waals surface area contributed by atoms with Crippen LogP contribution in [0.5, 0.6) is 0 Å². The van der Waals surface area contributed by atoms with E-state index in [9.17, 15) is 0 Å². The van der Waals surface area contributed by atoms with Crippen molar-refractivity contribution in [3.05, 3.63) is 284 Å². The molecular formula is C72H48F18N6. The van der Waals surface area contributed by atoms with E-state index < -0.39 is 211 Å². The molecule has 0 spiro atoms. The van der Waals surface area contributed by atoms with Crippen molar-refractivity contribution in [2.45, 2.75) is 75.6 Å². The van der Waals surface area contributed by atoms with Gasteiger partial charge in [0.05, 0.1) is 33.4 Å². The molecule has 0 amide bonds. The molecule has 0 saturated heterocycles. The van der Waals surface area contributed by atoms with Crippen LogP contribution in [0.4, 0.5) is 79.0 Å². The third-order valence-corrected chi connectivity index (χ3v) is 17.1. The highest BCUT2D eigenvalue weighted by atomic mass is 19.4. The minimum atomic E-state index is -5.47. The van der Waals surface area contributed by atoms with Crippen LogP contribution in [0.3, 0.4) is 0 Å². The van der Waals surface area contributed by atoms with Crippen LogP contribution in [0.25, 0.3) is 66.8 Å². The zero-order chi connectivity index (χ0) is 68.0. The van der Waals surface area contributed by atoms with Gasteiger partial charge in [-0.15, -0.1) is 0 Å². The highest BCUT2D eigenvalue weighted by molar-refractivity contribution is 5.81. The monoisotopic (exact) mass is 1340 g/mol. The normalized spacial score (nSPS) is 13.7. The summed E-state index contributed by atoms with van der Waals surface area (Å²) in [4.78, 5) is 15.9. The molecule has 7 heterocycles. The Bertz CT molecular complexity index is 4010. The lowest BCUT2D eigenvalue weighted by Gasteiger charge is -2.15. The Labute approximate surface area is 533 Å². The van der Waals surface area contributed by atoms with E-state index in [1.807, 2.05) is 0 Å². The fourth-order valence-electron chi connectivity index (χ4n) is 13.7. The summed E-state index contributed by atoms with van der Waals surface area (Å²) in [6, 6.07) is 38.9. The number of nitrogens with one attached hydrogen (secondary N) is 6. The molecule has 96 heavy (non-hydrogen) atoms. The number of H-pyrrole nitrogens is 6. The number of benzene rings is 6. The summed E-state index contributed by atoms with van der Waals surface area (Å²) in [5.41, 5.74) is -24.1. The highest BCUT2D eigenvalue weighted by Gasteiger charge is 2.48. The van der Waals surface area contributed by atoms with Crippen molar-refractivity contribution >= 4 is 0 Å². The average molecular weight is 1340 g/mol. The van der Waals surface area contributed by atoms with Crippen LogP contribution in [-0.2, 0) is 75.6 Å². The lowest BCUT2D eigenvalue weighted by Crippen LogP contribution is -2.11. The average Bonchev–Trinajstić information content (AvgIpc) is 1.59. The van der Waals surface area contributed by atoms with Crippen LogP contribution in [-0.4, -0.2) is 29.9 Å². The van der Waals surface area contributed by atoms with Crippen LogP contribution in [0.2, 0.25) is 0 Å². The van der Waals surface area contributed by atoms with Crippen molar-refractivity contribution in [3.8, 4) is 66.8 Å². The van der Waals surface area contributed by atoms with Gasteiger partial charge in [0.25, 0.3) is 0 Å². The van der Waals surface area contributed by atoms with Crippen LogP contribution in [0, 0.1) is 0 Å². The molecule has 0 aliphatic carbocycles. The van der Waals surface area contributed by atoms with Gasteiger partial charge in [0.2, 0.25) is 0 Å². The number of hydrogen-bond donors (Lipinski definition) is 6. The van der Waals surface area contributed by atoms with Crippen LogP contribution < -0.4 is 0 Å². The van der Waals surface area contributed by atoms with Crippen molar-refractivity contribution < 1.29 is 79.0 Å². The molecule has 12 aromatic rings. The predicted molar refractivity (Wildman–Crippen MR) is 324 cm³/mol. The van der Waals surface area contributed by atoms with E-state index in [1.165, 1.54) is 182 Å². The number of halogens is 18. The largest absolute Gasteiger partial charge is 0.418 e. The molecule has 6 nitrogen and oxygen atoms in total. The van der Waals surface area contributed by atoms with Gasteiger partial charge in [-0.2, -0.15) is 79.0 Å². The van der Waals surface area contributed by atoms with E-state index in [2.05, 4.69) is 29.9 Å². The summed E-state index contributed by atoms with van der Waals surface area (Å²) in [7, 11) is 0. The van der Waals surface area contributed by atoms with E-state index in [0.29, 0.717) is 0 Å². The number of hydrogen-bond acceptors (Lipinski definition) is 0. The summed E-state index contributed by atoms with van der Waals surface area (Å²) >= 11 is 0. The second kappa shape index (κ2) is 23.9. The van der Waals surface area contributed by atoms with Gasteiger partial charge < -0.3 is 29.9 Å². The summed E-state index contributed by atoms with van der Waals surface area (Å²) in [5, 5.41) is 0. The van der Waals surface area contributed by atoms with Gasteiger partial charge >= 0.3 is 37.1 Å². The number of fused-ring (bicyclic) bond motifs is 12. The Morgan fingerprint density at radius 2 is 0.281 bits per heavy atom. The lowest BCUT2D eigenvalue weighted by molar-refractivity contribution is -0.138. The summed E-state index contributed by atoms with van der Waals surface area (Å²) in [6.07, 6.45) is -39.7. The van der Waals surface area contributed by atoms with Gasteiger partial charge in [0, 0.05) is 140 Å². The molecule has 492 valence electrons. The Kier molecular flexibility index (Phi) is 16.0. The van der Waals surface area contributed by atoms with Gasteiger partial charge in [0.1, 0.15) is 0 Å². The molecule has 0 fully saturated rings. The van der Waals surface area contributed by atoms with Crippen molar-refractivity contribution in [2.75, 3.05) is 0 Å². The summed E-state index contributed by atoms with van der Waals surface area (Å²) in [6.45, 7) is 0. The Hall–Kier alpha value is -10.3. The maximum atomic E-state index is 16.4. The Morgan fingerprint density at radius 3 is 0.385 bits per heavy atom. The van der Waals surface area contributed by atoms with Gasteiger partial charge in [0.15, 0.2) is 0 Å². The Morgan fingerprint density at radius 1 is 0.167 bits per heavy atom. The molecule has 0 atom stereocenters. The fraction of sp³-hybridized carbons (Fsp3) is 0.167. The van der Waals surface area contributed by atoms with Crippen molar-refractivity contribution in [3.63, 3.8) is 0 Å². The smallest absolute Gasteiger partial charge is 0.361 e. The number of aromatic nitrogens is 6. The molecule has 6 aromatic heterocycles. The summed E-state index contributed by atoms with van der Waals surface area (Å²) in [5.74, 6) is 0. The first-order chi connectivity index (χ1) is 45.4. The van der Waals surface area contributed by atoms with Crippen LogP contribution in [0.15, 0.2) is 182 Å². The molecule has 6 N–H and O–H groups in total. The molecule has 0 saturated carbocycles. The third-order valence-electron chi connectivity index (χ3n) is 17.1. The molecule has 12 bridgehead atoms. The van der Waals surface area contributed by atoms with Crippen molar-refractivity contribution in [1.29, 1.82) is 0 Å². The van der Waals surface area contributed by atoms with E-state index in [1.54, 1.807) is 0 Å². The van der Waals surface area contributed by atoms with E-state index in [0.717, 1.165) is 0 Å². The minimum Gasteiger partial charge on any atom is -0.361 e. The van der Waals surface area contributed by atoms with Crippen LogP contribution in [0.1, 0.15) is 102 Å². The van der Waals surface area contributed by atoms with Crippen molar-refractivity contribution in [1.82, 2.24) is 29.9 Å². The second-order valence-electron chi connectivity index (χ2n) is 23.2. The third kappa shape index (κ3) is 12.1. The minimum absolute atomic E-state index is 0.244. The van der Waals surface area contributed by atoms with Gasteiger partial charge in [-0.3, -0.25) is 0 Å². The lowest BCUT2D eigenvalue weighted by atomic mass is 9.92. The first kappa shape index (κ1) is 64.4. The van der Waals surface area contributed by atoms with Gasteiger partial charge in [-0.1, -0.05) is 182 Å². The molecule has 6 aromatic carbocycles. The van der Waals surface area contributed by atoms with E-state index in [-0.39, 0.29) is 33.4 Å². The number of alkyl halides is 18. The van der Waals surface area contributed by atoms with Gasteiger partial charge in [-0.05, 0) is 33.4 Å². The quantitative estimate of drug-likeness (QED) is 0.0895. The Balaban J connectivity index is 1.17. The molecule has 1 aliphatic heterocycles. The molecular weight excluding hydrogens is 1290 g/mol. The molecule has 13 rings (SSSR count). The van der Waals surface area contributed by atoms with Crippen molar-refractivity contribution in [2.24, 2.45) is 0 Å². The summed E-state index contributed by atoms with van der Waals surface area (Å²) < 4.78 is 295. The van der Waals surface area contributed by atoms with Crippen LogP contribution >= 0.6 is 0 Å². The predicted octanol–water partition coefficient (Wildman–Crippen LogP) is 21.6. The maximum absolute atomic E-state index is 16.4.